The number of carbonyl (C=O) groups is 1. The minimum atomic E-state index is -1.25. The van der Waals surface area contributed by atoms with Gasteiger partial charge < -0.3 is 20.2 Å². The van der Waals surface area contributed by atoms with Crippen LogP contribution in [0, 0.1) is 0 Å². The number of hydrogen-bond donors (Lipinski definition) is 2. The molecule has 150 valence electrons. The van der Waals surface area contributed by atoms with Crippen LogP contribution in [0.4, 0.5) is 0 Å². The van der Waals surface area contributed by atoms with E-state index >= 15 is 0 Å². The fourth-order valence-electron chi connectivity index (χ4n) is 4.28. The third kappa shape index (κ3) is 5.31. The highest BCUT2D eigenvalue weighted by molar-refractivity contribution is 5.86. The average Bonchev–Trinajstić information content (AvgIpc) is 2.69. The van der Waals surface area contributed by atoms with E-state index in [1.165, 1.54) is 5.56 Å². The number of amides is 1. The summed E-state index contributed by atoms with van der Waals surface area (Å²) in [6, 6.07) is 11.2. The minimum Gasteiger partial charge on any atom is -0.379 e. The predicted octanol–water partition coefficient (Wildman–Crippen LogP) is 2.04. The van der Waals surface area contributed by atoms with Gasteiger partial charge in [0.05, 0.1) is 0 Å². The molecule has 3 rings (SSSR count). The summed E-state index contributed by atoms with van der Waals surface area (Å²) in [7, 11) is 0. The fourth-order valence-corrected chi connectivity index (χ4v) is 4.28. The van der Waals surface area contributed by atoms with Gasteiger partial charge in [0.1, 0.15) is 0 Å². The molecule has 2 aliphatic rings. The molecule has 2 aliphatic heterocycles. The Hall–Kier alpha value is -1.43. The maximum atomic E-state index is 12.9. The van der Waals surface area contributed by atoms with Gasteiger partial charge >= 0.3 is 0 Å². The second-order valence-electron chi connectivity index (χ2n) is 8.45. The van der Waals surface area contributed by atoms with Crippen molar-refractivity contribution in [3.8, 4) is 0 Å². The van der Waals surface area contributed by atoms with Crippen molar-refractivity contribution in [2.24, 2.45) is 0 Å². The molecule has 1 unspecified atom stereocenters. The van der Waals surface area contributed by atoms with E-state index in [0.717, 1.165) is 45.3 Å². The van der Waals surface area contributed by atoms with Gasteiger partial charge in [0, 0.05) is 31.7 Å². The van der Waals surface area contributed by atoms with E-state index in [9.17, 15) is 9.90 Å². The zero-order chi connectivity index (χ0) is 19.3. The Morgan fingerprint density at radius 1 is 1.19 bits per heavy atom. The highest BCUT2D eigenvalue weighted by Gasteiger charge is 2.42. The number of nitrogens with zero attached hydrogens (tertiary/aromatic N) is 2. The van der Waals surface area contributed by atoms with Gasteiger partial charge in [0.15, 0.2) is 5.60 Å². The molecule has 2 saturated heterocycles. The number of rotatable bonds is 7. The van der Waals surface area contributed by atoms with Crippen molar-refractivity contribution in [1.29, 1.82) is 0 Å². The first-order valence-electron chi connectivity index (χ1n) is 10.5. The lowest BCUT2D eigenvalue weighted by atomic mass is 9.90. The molecule has 1 aromatic rings. The Kier molecular flexibility index (Phi) is 6.90. The van der Waals surface area contributed by atoms with Crippen LogP contribution in [0.15, 0.2) is 30.3 Å². The molecule has 0 saturated carbocycles. The van der Waals surface area contributed by atoms with Crippen molar-refractivity contribution in [2.45, 2.75) is 63.6 Å². The summed E-state index contributed by atoms with van der Waals surface area (Å²) in [6.45, 7) is 8.46. The first-order valence-corrected chi connectivity index (χ1v) is 10.5. The Balaban J connectivity index is 1.48. The zero-order valence-electron chi connectivity index (χ0n) is 16.9. The average molecular weight is 374 g/mol. The van der Waals surface area contributed by atoms with Gasteiger partial charge in [-0.1, -0.05) is 30.3 Å². The van der Waals surface area contributed by atoms with E-state index in [2.05, 4.69) is 36.2 Å². The summed E-state index contributed by atoms with van der Waals surface area (Å²) in [6.07, 6.45) is 4.43. The van der Waals surface area contributed by atoms with Crippen molar-refractivity contribution in [3.05, 3.63) is 35.9 Å². The van der Waals surface area contributed by atoms with Crippen LogP contribution in [0.5, 0.6) is 0 Å². The summed E-state index contributed by atoms with van der Waals surface area (Å²) in [4.78, 5) is 17.2. The van der Waals surface area contributed by atoms with Gasteiger partial charge in [0.25, 0.3) is 5.91 Å². The molecule has 1 amide bonds. The largest absolute Gasteiger partial charge is 0.379 e. The van der Waals surface area contributed by atoms with Crippen LogP contribution in [0.3, 0.4) is 0 Å². The van der Waals surface area contributed by atoms with Gasteiger partial charge in [-0.3, -0.25) is 4.79 Å². The molecule has 1 atom stereocenters. The summed E-state index contributed by atoms with van der Waals surface area (Å²) in [5, 5.41) is 14.5. The molecule has 2 heterocycles. The molecule has 2 fully saturated rings. The number of benzene rings is 1. The highest BCUT2D eigenvalue weighted by atomic mass is 16.3. The summed E-state index contributed by atoms with van der Waals surface area (Å²) < 4.78 is 0. The molecule has 0 radical (unpaired) electrons. The standard InChI is InChI=1S/C22H35N3O2/c1-18(2)24-15-10-20(11-16-24)23-17-22(27)12-6-13-25(21(22)26)14-9-19-7-4-3-5-8-19/h3-5,7-8,18,20,23,27H,6,9-17H2,1-2H3. The van der Waals surface area contributed by atoms with Gasteiger partial charge in [-0.15, -0.1) is 0 Å². The lowest BCUT2D eigenvalue weighted by Gasteiger charge is -2.40. The second kappa shape index (κ2) is 9.18. The third-order valence-corrected chi connectivity index (χ3v) is 6.16. The smallest absolute Gasteiger partial charge is 0.255 e. The monoisotopic (exact) mass is 373 g/mol. The summed E-state index contributed by atoms with van der Waals surface area (Å²) in [5.41, 5.74) is -0.0149. The lowest BCUT2D eigenvalue weighted by molar-refractivity contribution is -0.156. The van der Waals surface area contributed by atoms with Crippen LogP contribution in [0.1, 0.15) is 45.1 Å². The highest BCUT2D eigenvalue weighted by Crippen LogP contribution is 2.23. The fraction of sp³-hybridized carbons (Fsp3) is 0.682. The Morgan fingerprint density at radius 2 is 1.89 bits per heavy atom. The van der Waals surface area contributed by atoms with Crippen molar-refractivity contribution in [3.63, 3.8) is 0 Å². The van der Waals surface area contributed by atoms with Crippen LogP contribution < -0.4 is 5.32 Å². The van der Waals surface area contributed by atoms with Crippen molar-refractivity contribution in [2.75, 3.05) is 32.7 Å². The molecule has 0 aromatic heterocycles. The molecule has 1 aromatic carbocycles. The van der Waals surface area contributed by atoms with E-state index in [-0.39, 0.29) is 5.91 Å². The van der Waals surface area contributed by atoms with Gasteiger partial charge in [0.2, 0.25) is 0 Å². The van der Waals surface area contributed by atoms with Crippen molar-refractivity contribution >= 4 is 5.91 Å². The first kappa shape index (κ1) is 20.3. The molecule has 0 aliphatic carbocycles. The Morgan fingerprint density at radius 3 is 2.56 bits per heavy atom. The number of nitrogens with one attached hydrogen (secondary N) is 1. The van der Waals surface area contributed by atoms with Crippen molar-refractivity contribution in [1.82, 2.24) is 15.1 Å². The van der Waals surface area contributed by atoms with Gasteiger partial charge in [-0.2, -0.15) is 0 Å². The molecular weight excluding hydrogens is 338 g/mol. The van der Waals surface area contributed by atoms with E-state index in [1.54, 1.807) is 0 Å². The SMILES string of the molecule is CC(C)N1CCC(NCC2(O)CCCN(CCc3ccccc3)C2=O)CC1. The van der Waals surface area contributed by atoms with Gasteiger partial charge in [-0.25, -0.2) is 0 Å². The van der Waals surface area contributed by atoms with Crippen LogP contribution in [-0.4, -0.2) is 71.2 Å². The van der Waals surface area contributed by atoms with E-state index in [1.807, 2.05) is 23.1 Å². The third-order valence-electron chi connectivity index (χ3n) is 6.16. The van der Waals surface area contributed by atoms with Crippen LogP contribution in [0.25, 0.3) is 0 Å². The minimum absolute atomic E-state index is 0.100. The van der Waals surface area contributed by atoms with Crippen molar-refractivity contribution < 1.29 is 9.90 Å². The normalized spacial score (nSPS) is 25.3. The Labute approximate surface area is 163 Å². The topological polar surface area (TPSA) is 55.8 Å². The van der Waals surface area contributed by atoms with E-state index < -0.39 is 5.60 Å². The molecule has 0 bridgehead atoms. The van der Waals surface area contributed by atoms with Crippen LogP contribution in [-0.2, 0) is 11.2 Å². The molecule has 2 N–H and O–H groups in total. The number of piperidine rings is 2. The number of likely N-dealkylation sites (tertiary alicyclic amines) is 2. The maximum Gasteiger partial charge on any atom is 0.255 e. The zero-order valence-corrected chi connectivity index (χ0v) is 16.9. The first-order chi connectivity index (χ1) is 13.0. The van der Waals surface area contributed by atoms with E-state index in [0.29, 0.717) is 31.6 Å². The predicted molar refractivity (Wildman–Crippen MR) is 109 cm³/mol. The van der Waals surface area contributed by atoms with E-state index in [4.69, 9.17) is 0 Å². The molecular formula is C22H35N3O2. The summed E-state index contributed by atoms with van der Waals surface area (Å²) in [5.74, 6) is -0.100. The number of aliphatic hydroxyl groups is 1. The molecule has 5 nitrogen and oxygen atoms in total. The summed E-state index contributed by atoms with van der Waals surface area (Å²) >= 11 is 0. The Bertz CT molecular complexity index is 599. The lowest BCUT2D eigenvalue weighted by Crippen LogP contribution is -2.59. The number of hydrogen-bond acceptors (Lipinski definition) is 4. The molecule has 5 heteroatoms. The quantitative estimate of drug-likeness (QED) is 0.768. The number of carbonyl (C=O) groups excluding carboxylic acids is 1. The van der Waals surface area contributed by atoms with Crippen LogP contribution >= 0.6 is 0 Å². The maximum absolute atomic E-state index is 12.9. The molecule has 0 spiro atoms. The van der Waals surface area contributed by atoms with Gasteiger partial charge in [-0.05, 0) is 64.6 Å². The second-order valence-corrected chi connectivity index (χ2v) is 8.45. The molecule has 27 heavy (non-hydrogen) atoms. The van der Waals surface area contributed by atoms with Crippen LogP contribution in [0.2, 0.25) is 0 Å².